The monoisotopic (exact) mass is 407 g/mol. The van der Waals surface area contributed by atoms with Gasteiger partial charge in [0.2, 0.25) is 0 Å². The van der Waals surface area contributed by atoms with E-state index in [9.17, 15) is 27.6 Å². The van der Waals surface area contributed by atoms with Crippen LogP contribution in [0.1, 0.15) is 42.6 Å². The standard InChI is InChI=1S/C21H20F3NO4/c1-3-7-17(26)29-20(2,21(22,23)24)19(28)25-16-12-10-15(11-13-16)18(27)14-8-5-4-6-9-14/h4-6,8-13H,3,7H2,1-2H3,(H,25,28). The van der Waals surface area contributed by atoms with Crippen molar-refractivity contribution in [2.45, 2.75) is 38.5 Å². The lowest BCUT2D eigenvalue weighted by Gasteiger charge is -2.30. The lowest BCUT2D eigenvalue weighted by molar-refractivity contribution is -0.254. The van der Waals surface area contributed by atoms with Gasteiger partial charge in [0.15, 0.2) is 5.78 Å². The predicted octanol–water partition coefficient (Wildman–Crippen LogP) is 4.52. The van der Waals surface area contributed by atoms with Crippen molar-refractivity contribution in [3.05, 3.63) is 65.7 Å². The van der Waals surface area contributed by atoms with E-state index >= 15 is 0 Å². The average Bonchev–Trinajstić information content (AvgIpc) is 2.68. The number of anilines is 1. The number of amides is 1. The number of halogens is 3. The summed E-state index contributed by atoms with van der Waals surface area (Å²) in [4.78, 5) is 36.2. The van der Waals surface area contributed by atoms with Crippen LogP contribution in [0.25, 0.3) is 0 Å². The Morgan fingerprint density at radius 3 is 2.00 bits per heavy atom. The summed E-state index contributed by atoms with van der Waals surface area (Å²) in [5, 5.41) is 2.09. The number of ketones is 1. The summed E-state index contributed by atoms with van der Waals surface area (Å²) in [6, 6.07) is 13.8. The van der Waals surface area contributed by atoms with Crippen molar-refractivity contribution >= 4 is 23.3 Å². The zero-order valence-corrected chi connectivity index (χ0v) is 15.9. The van der Waals surface area contributed by atoms with Crippen LogP contribution in [0.3, 0.4) is 0 Å². The number of hydrogen-bond acceptors (Lipinski definition) is 4. The van der Waals surface area contributed by atoms with Crippen molar-refractivity contribution in [1.82, 2.24) is 0 Å². The van der Waals surface area contributed by atoms with Crippen LogP contribution in [0.15, 0.2) is 54.6 Å². The van der Waals surface area contributed by atoms with Crippen LogP contribution in [0.5, 0.6) is 0 Å². The van der Waals surface area contributed by atoms with Gasteiger partial charge in [-0.15, -0.1) is 0 Å². The highest BCUT2D eigenvalue weighted by Gasteiger charge is 2.60. The topological polar surface area (TPSA) is 72.5 Å². The van der Waals surface area contributed by atoms with Crippen molar-refractivity contribution in [1.29, 1.82) is 0 Å². The lowest BCUT2D eigenvalue weighted by Crippen LogP contribution is -2.55. The van der Waals surface area contributed by atoms with Crippen LogP contribution in [0.4, 0.5) is 18.9 Å². The highest BCUT2D eigenvalue weighted by atomic mass is 19.4. The maximum absolute atomic E-state index is 13.4. The number of nitrogens with one attached hydrogen (secondary N) is 1. The Bertz CT molecular complexity index is 879. The minimum absolute atomic E-state index is 0.0293. The summed E-state index contributed by atoms with van der Waals surface area (Å²) < 4.78 is 44.8. The maximum Gasteiger partial charge on any atom is 0.437 e. The smallest absolute Gasteiger partial charge is 0.437 e. The zero-order chi connectivity index (χ0) is 21.7. The van der Waals surface area contributed by atoms with E-state index in [2.05, 4.69) is 10.1 Å². The number of hydrogen-bond donors (Lipinski definition) is 1. The van der Waals surface area contributed by atoms with Gasteiger partial charge in [-0.3, -0.25) is 14.4 Å². The van der Waals surface area contributed by atoms with Crippen molar-refractivity contribution in [3.63, 3.8) is 0 Å². The third-order valence-corrected chi connectivity index (χ3v) is 4.19. The average molecular weight is 407 g/mol. The largest absolute Gasteiger partial charge is 0.439 e. The molecule has 2 rings (SSSR count). The maximum atomic E-state index is 13.4. The van der Waals surface area contributed by atoms with Crippen LogP contribution in [0, 0.1) is 0 Å². The summed E-state index contributed by atoms with van der Waals surface area (Å²) in [6.07, 6.45) is -5.07. The van der Waals surface area contributed by atoms with Gasteiger partial charge in [0, 0.05) is 23.2 Å². The van der Waals surface area contributed by atoms with Gasteiger partial charge in [0.1, 0.15) is 0 Å². The van der Waals surface area contributed by atoms with E-state index in [1.165, 1.54) is 24.3 Å². The van der Waals surface area contributed by atoms with Crippen LogP contribution in [-0.4, -0.2) is 29.4 Å². The van der Waals surface area contributed by atoms with Gasteiger partial charge in [-0.2, -0.15) is 13.2 Å². The molecule has 0 saturated carbocycles. The number of ether oxygens (including phenoxy) is 1. The first-order valence-electron chi connectivity index (χ1n) is 8.88. The Labute approximate surface area is 165 Å². The highest BCUT2D eigenvalue weighted by molar-refractivity contribution is 6.09. The molecule has 0 aliphatic carbocycles. The fraction of sp³-hybridized carbons (Fsp3) is 0.286. The summed E-state index contributed by atoms with van der Waals surface area (Å²) in [7, 11) is 0. The molecular formula is C21H20F3NO4. The third-order valence-electron chi connectivity index (χ3n) is 4.19. The van der Waals surface area contributed by atoms with Gasteiger partial charge in [0.25, 0.3) is 11.5 Å². The number of alkyl halides is 3. The second-order valence-electron chi connectivity index (χ2n) is 6.48. The molecule has 0 aliphatic heterocycles. The number of carbonyl (C=O) groups is 3. The SMILES string of the molecule is CCCC(=O)OC(C)(C(=O)Nc1ccc(C(=O)c2ccccc2)cc1)C(F)(F)F. The molecule has 5 nitrogen and oxygen atoms in total. The first-order valence-corrected chi connectivity index (χ1v) is 8.88. The van der Waals surface area contributed by atoms with Crippen LogP contribution >= 0.6 is 0 Å². The normalized spacial score (nSPS) is 13.3. The molecule has 1 unspecified atom stereocenters. The number of benzene rings is 2. The molecule has 8 heteroatoms. The van der Waals surface area contributed by atoms with Crippen molar-refractivity contribution in [2.75, 3.05) is 5.32 Å². The van der Waals surface area contributed by atoms with Gasteiger partial charge in [0.05, 0.1) is 0 Å². The van der Waals surface area contributed by atoms with E-state index in [0.29, 0.717) is 18.1 Å². The first-order chi connectivity index (χ1) is 13.6. The summed E-state index contributed by atoms with van der Waals surface area (Å²) >= 11 is 0. The molecule has 0 aliphatic rings. The van der Waals surface area contributed by atoms with E-state index < -0.39 is 23.7 Å². The highest BCUT2D eigenvalue weighted by Crippen LogP contribution is 2.35. The fourth-order valence-corrected chi connectivity index (χ4v) is 2.43. The Morgan fingerprint density at radius 2 is 1.48 bits per heavy atom. The van der Waals surface area contributed by atoms with E-state index in [1.54, 1.807) is 37.3 Å². The molecule has 29 heavy (non-hydrogen) atoms. The van der Waals surface area contributed by atoms with Crippen LogP contribution < -0.4 is 5.32 Å². The third kappa shape index (κ3) is 5.22. The Kier molecular flexibility index (Phi) is 6.79. The zero-order valence-electron chi connectivity index (χ0n) is 15.9. The number of esters is 1. The summed E-state index contributed by atoms with van der Waals surface area (Å²) in [5.74, 6) is -2.92. The van der Waals surface area contributed by atoms with E-state index in [-0.39, 0.29) is 24.3 Å². The molecule has 0 fully saturated rings. The minimum Gasteiger partial charge on any atom is -0.439 e. The van der Waals surface area contributed by atoms with Crippen molar-refractivity contribution in [3.8, 4) is 0 Å². The van der Waals surface area contributed by atoms with Crippen LogP contribution in [-0.2, 0) is 14.3 Å². The molecule has 0 saturated heterocycles. The molecular weight excluding hydrogens is 387 g/mol. The molecule has 2 aromatic carbocycles. The van der Waals surface area contributed by atoms with Crippen LogP contribution in [0.2, 0.25) is 0 Å². The Hall–Kier alpha value is -3.16. The number of carbonyl (C=O) groups excluding carboxylic acids is 3. The molecule has 154 valence electrons. The molecule has 0 aromatic heterocycles. The molecule has 2 aromatic rings. The number of rotatable bonds is 7. The molecule has 1 amide bonds. The Balaban J connectivity index is 2.17. The molecule has 0 heterocycles. The quantitative estimate of drug-likeness (QED) is 0.541. The first kappa shape index (κ1) is 22.1. The molecule has 0 bridgehead atoms. The fourth-order valence-electron chi connectivity index (χ4n) is 2.43. The summed E-state index contributed by atoms with van der Waals surface area (Å²) in [6.45, 7) is 2.10. The Morgan fingerprint density at radius 1 is 0.931 bits per heavy atom. The molecule has 1 N–H and O–H groups in total. The van der Waals surface area contributed by atoms with E-state index in [4.69, 9.17) is 0 Å². The molecule has 0 radical (unpaired) electrons. The summed E-state index contributed by atoms with van der Waals surface area (Å²) in [5.41, 5.74) is -2.54. The van der Waals surface area contributed by atoms with Gasteiger partial charge in [-0.05, 0) is 37.6 Å². The second-order valence-corrected chi connectivity index (χ2v) is 6.48. The molecule has 1 atom stereocenters. The van der Waals surface area contributed by atoms with Gasteiger partial charge >= 0.3 is 12.1 Å². The molecule has 0 spiro atoms. The lowest BCUT2D eigenvalue weighted by atomic mass is 10.0. The minimum atomic E-state index is -5.11. The predicted molar refractivity (Wildman–Crippen MR) is 100 cm³/mol. The van der Waals surface area contributed by atoms with Crippen molar-refractivity contribution in [2.24, 2.45) is 0 Å². The van der Waals surface area contributed by atoms with Gasteiger partial charge < -0.3 is 10.1 Å². The van der Waals surface area contributed by atoms with Gasteiger partial charge in [-0.1, -0.05) is 37.3 Å². The second kappa shape index (κ2) is 8.89. The van der Waals surface area contributed by atoms with Gasteiger partial charge in [-0.25, -0.2) is 0 Å². The van der Waals surface area contributed by atoms with Crippen molar-refractivity contribution < 1.29 is 32.3 Å². The van der Waals surface area contributed by atoms with E-state index in [1.807, 2.05) is 0 Å². The van der Waals surface area contributed by atoms with E-state index in [0.717, 1.165) is 0 Å².